The van der Waals surface area contributed by atoms with E-state index in [-0.39, 0.29) is 11.9 Å². The van der Waals surface area contributed by atoms with Crippen LogP contribution in [0, 0.1) is 0 Å². The quantitative estimate of drug-likeness (QED) is 0.611. The molecule has 1 heterocycles. The zero-order chi connectivity index (χ0) is 20.5. The summed E-state index contributed by atoms with van der Waals surface area (Å²) in [5, 5.41) is 0. The van der Waals surface area contributed by atoms with Gasteiger partial charge in [0, 0.05) is 40.5 Å². The molecule has 0 atom stereocenters. The van der Waals surface area contributed by atoms with Gasteiger partial charge in [0.15, 0.2) is 5.82 Å². The number of rotatable bonds is 9. The third-order valence-corrected chi connectivity index (χ3v) is 4.29. The van der Waals surface area contributed by atoms with E-state index in [1.54, 1.807) is 24.3 Å². The highest BCUT2D eigenvalue weighted by atomic mass is 16.5. The fourth-order valence-electron chi connectivity index (χ4n) is 2.34. The average Bonchev–Trinajstić information content (AvgIpc) is 2.71. The van der Waals surface area contributed by atoms with Crippen LogP contribution in [-0.4, -0.2) is 61.0 Å². The minimum atomic E-state index is -0.231. The maximum atomic E-state index is 11.3. The van der Waals surface area contributed by atoms with Gasteiger partial charge in [0.2, 0.25) is 11.8 Å². The second-order valence-corrected chi connectivity index (χ2v) is 6.40. The number of amides is 1. The molecule has 1 aromatic heterocycles. The molecule has 0 bridgehead atoms. The Morgan fingerprint density at radius 3 is 2.43 bits per heavy atom. The van der Waals surface area contributed by atoms with E-state index in [0.717, 1.165) is 5.56 Å². The van der Waals surface area contributed by atoms with Crippen molar-refractivity contribution in [1.82, 2.24) is 14.9 Å². The molecule has 150 valence electrons. The van der Waals surface area contributed by atoms with Crippen molar-refractivity contribution in [2.75, 3.05) is 39.2 Å². The molecule has 28 heavy (non-hydrogen) atoms. The molecule has 0 saturated heterocycles. The zero-order valence-electron chi connectivity index (χ0n) is 16.7. The minimum Gasteiger partial charge on any atom is -0.469 e. The SMILES string of the molecule is COC(=O)CCc1ccc(Oc2cncc(N(C)CCN(C)C(C)=O)n2)cc1. The van der Waals surface area contributed by atoms with E-state index >= 15 is 0 Å². The molecule has 8 heteroatoms. The van der Waals surface area contributed by atoms with Crippen LogP contribution in [0.5, 0.6) is 11.6 Å². The third kappa shape index (κ3) is 6.53. The fourth-order valence-corrected chi connectivity index (χ4v) is 2.34. The molecular formula is C20H26N4O4. The fraction of sp³-hybridized carbons (Fsp3) is 0.400. The molecule has 2 aromatic rings. The summed E-state index contributed by atoms with van der Waals surface area (Å²) in [6.45, 7) is 2.75. The van der Waals surface area contributed by atoms with Gasteiger partial charge in [-0.2, -0.15) is 4.98 Å². The number of hydrogen-bond acceptors (Lipinski definition) is 7. The number of anilines is 1. The maximum Gasteiger partial charge on any atom is 0.305 e. The smallest absolute Gasteiger partial charge is 0.305 e. The Morgan fingerprint density at radius 2 is 1.79 bits per heavy atom. The summed E-state index contributed by atoms with van der Waals surface area (Å²) in [7, 11) is 5.03. The van der Waals surface area contributed by atoms with Crippen LogP contribution in [0.3, 0.4) is 0 Å². The molecular weight excluding hydrogens is 360 g/mol. The van der Waals surface area contributed by atoms with Crippen molar-refractivity contribution in [3.63, 3.8) is 0 Å². The zero-order valence-corrected chi connectivity index (χ0v) is 16.7. The van der Waals surface area contributed by atoms with Crippen LogP contribution in [0.1, 0.15) is 18.9 Å². The van der Waals surface area contributed by atoms with Crippen molar-refractivity contribution in [3.8, 4) is 11.6 Å². The lowest BCUT2D eigenvalue weighted by molar-refractivity contribution is -0.140. The van der Waals surface area contributed by atoms with Crippen LogP contribution in [0.4, 0.5) is 5.82 Å². The summed E-state index contributed by atoms with van der Waals surface area (Å²) < 4.78 is 10.4. The summed E-state index contributed by atoms with van der Waals surface area (Å²) in [5.41, 5.74) is 1.02. The topological polar surface area (TPSA) is 84.9 Å². The first-order valence-electron chi connectivity index (χ1n) is 8.97. The number of likely N-dealkylation sites (N-methyl/N-ethyl adjacent to an activating group) is 2. The van der Waals surface area contributed by atoms with Crippen LogP contribution in [0.25, 0.3) is 0 Å². The van der Waals surface area contributed by atoms with Gasteiger partial charge in [-0.15, -0.1) is 0 Å². The van der Waals surface area contributed by atoms with Crippen molar-refractivity contribution < 1.29 is 19.1 Å². The summed E-state index contributed by atoms with van der Waals surface area (Å²) in [6.07, 6.45) is 4.15. The molecule has 0 spiro atoms. The molecule has 0 radical (unpaired) electrons. The van der Waals surface area contributed by atoms with Gasteiger partial charge in [-0.1, -0.05) is 12.1 Å². The van der Waals surface area contributed by atoms with Crippen LogP contribution in [0.15, 0.2) is 36.7 Å². The second-order valence-electron chi connectivity index (χ2n) is 6.40. The summed E-state index contributed by atoms with van der Waals surface area (Å²) in [6, 6.07) is 7.46. The highest BCUT2D eigenvalue weighted by Crippen LogP contribution is 2.21. The van der Waals surface area contributed by atoms with E-state index < -0.39 is 0 Å². The minimum absolute atomic E-state index is 0.0200. The van der Waals surface area contributed by atoms with Crippen molar-refractivity contribution in [2.45, 2.75) is 19.8 Å². The Hall–Kier alpha value is -3.16. The van der Waals surface area contributed by atoms with E-state index in [9.17, 15) is 9.59 Å². The lowest BCUT2D eigenvalue weighted by atomic mass is 10.1. The molecule has 2 rings (SSSR count). The van der Waals surface area contributed by atoms with Gasteiger partial charge in [-0.25, -0.2) is 0 Å². The van der Waals surface area contributed by atoms with Gasteiger partial charge < -0.3 is 19.3 Å². The Balaban J connectivity index is 1.94. The van der Waals surface area contributed by atoms with Gasteiger partial charge >= 0.3 is 5.97 Å². The van der Waals surface area contributed by atoms with E-state index in [1.165, 1.54) is 14.0 Å². The van der Waals surface area contributed by atoms with Gasteiger partial charge in [-0.05, 0) is 24.1 Å². The first-order chi connectivity index (χ1) is 13.4. The Morgan fingerprint density at radius 1 is 1.07 bits per heavy atom. The number of methoxy groups -OCH3 is 1. The number of carbonyl (C=O) groups is 2. The normalized spacial score (nSPS) is 10.3. The van der Waals surface area contributed by atoms with Crippen molar-refractivity contribution >= 4 is 17.7 Å². The highest BCUT2D eigenvalue weighted by molar-refractivity contribution is 5.72. The van der Waals surface area contributed by atoms with Gasteiger partial charge in [0.25, 0.3) is 0 Å². The lowest BCUT2D eigenvalue weighted by Gasteiger charge is -2.22. The first-order valence-corrected chi connectivity index (χ1v) is 8.97. The maximum absolute atomic E-state index is 11.3. The molecule has 0 aliphatic rings. The molecule has 1 amide bonds. The largest absolute Gasteiger partial charge is 0.469 e. The number of aromatic nitrogens is 2. The summed E-state index contributed by atoms with van der Waals surface area (Å²) in [4.78, 5) is 34.7. The van der Waals surface area contributed by atoms with E-state index in [2.05, 4.69) is 14.7 Å². The van der Waals surface area contributed by atoms with Crippen LogP contribution >= 0.6 is 0 Å². The van der Waals surface area contributed by atoms with E-state index in [4.69, 9.17) is 4.74 Å². The van der Waals surface area contributed by atoms with Crippen molar-refractivity contribution in [1.29, 1.82) is 0 Å². The molecule has 0 unspecified atom stereocenters. The standard InChI is InChI=1S/C20H26N4O4/c1-15(25)23(2)11-12-24(3)18-13-21-14-19(22-18)28-17-8-5-16(6-9-17)7-10-20(26)27-4/h5-6,8-9,13-14H,7,10-12H2,1-4H3. The summed E-state index contributed by atoms with van der Waals surface area (Å²) in [5.74, 6) is 1.46. The molecule has 0 saturated carbocycles. The number of nitrogens with zero attached hydrogens (tertiary/aromatic N) is 4. The first kappa shape index (κ1) is 21.1. The molecule has 0 aliphatic heterocycles. The molecule has 0 fully saturated rings. The van der Waals surface area contributed by atoms with Gasteiger partial charge in [0.05, 0.1) is 19.5 Å². The number of esters is 1. The van der Waals surface area contributed by atoms with E-state index in [0.29, 0.717) is 43.4 Å². The number of ether oxygens (including phenoxy) is 2. The van der Waals surface area contributed by atoms with Crippen LogP contribution in [-0.2, 0) is 20.7 Å². The Kier molecular flexibility index (Phi) is 7.74. The molecule has 0 aliphatic carbocycles. The number of carbonyl (C=O) groups excluding carboxylic acids is 2. The van der Waals surface area contributed by atoms with E-state index in [1.807, 2.05) is 36.2 Å². The third-order valence-electron chi connectivity index (χ3n) is 4.29. The second kappa shape index (κ2) is 10.2. The molecule has 0 N–H and O–H groups in total. The monoisotopic (exact) mass is 386 g/mol. The predicted octanol–water partition coefficient (Wildman–Crippen LogP) is 2.29. The van der Waals surface area contributed by atoms with Gasteiger partial charge in [-0.3, -0.25) is 14.6 Å². The summed E-state index contributed by atoms with van der Waals surface area (Å²) >= 11 is 0. The van der Waals surface area contributed by atoms with Crippen LogP contribution in [0.2, 0.25) is 0 Å². The van der Waals surface area contributed by atoms with Crippen LogP contribution < -0.4 is 9.64 Å². The average molecular weight is 386 g/mol. The van der Waals surface area contributed by atoms with Crippen molar-refractivity contribution in [2.24, 2.45) is 0 Å². The lowest BCUT2D eigenvalue weighted by Crippen LogP contribution is -2.33. The molecule has 8 nitrogen and oxygen atoms in total. The number of aryl methyl sites for hydroxylation is 1. The number of benzene rings is 1. The highest BCUT2D eigenvalue weighted by Gasteiger charge is 2.09. The molecule has 1 aromatic carbocycles. The Labute approximate surface area is 165 Å². The number of hydrogen-bond donors (Lipinski definition) is 0. The van der Waals surface area contributed by atoms with Crippen molar-refractivity contribution in [3.05, 3.63) is 42.2 Å². The predicted molar refractivity (Wildman–Crippen MR) is 105 cm³/mol. The van der Waals surface area contributed by atoms with Gasteiger partial charge in [0.1, 0.15) is 5.75 Å². The Bertz CT molecular complexity index is 795.